The van der Waals surface area contributed by atoms with Crippen LogP contribution < -0.4 is 14.6 Å². The van der Waals surface area contributed by atoms with E-state index < -0.39 is 27.5 Å². The van der Waals surface area contributed by atoms with Gasteiger partial charge in [-0.2, -0.15) is 13.1 Å². The van der Waals surface area contributed by atoms with Gasteiger partial charge in [-0.15, -0.1) is 0 Å². The Labute approximate surface area is 131 Å². The van der Waals surface area contributed by atoms with Gasteiger partial charge in [-0.3, -0.25) is 0 Å². The van der Waals surface area contributed by atoms with Crippen LogP contribution in [0.4, 0.5) is 4.39 Å². The van der Waals surface area contributed by atoms with Crippen molar-refractivity contribution in [3.63, 3.8) is 0 Å². The number of nitrogens with two attached hydrogens (primary N) is 1. The lowest BCUT2D eigenvalue weighted by Gasteiger charge is -2.31. The highest BCUT2D eigenvalue weighted by Gasteiger charge is 2.30. The predicted molar refractivity (Wildman–Crippen MR) is 83.1 cm³/mol. The first kappa shape index (κ1) is 17.2. The number of hydrogen-bond acceptors (Lipinski definition) is 3. The van der Waals surface area contributed by atoms with Gasteiger partial charge >= 0.3 is 0 Å². The van der Waals surface area contributed by atoms with Gasteiger partial charge in [0.1, 0.15) is 0 Å². The van der Waals surface area contributed by atoms with E-state index >= 15 is 0 Å². The molecule has 0 heterocycles. The third kappa shape index (κ3) is 4.93. The van der Waals surface area contributed by atoms with E-state index in [1.807, 2.05) is 20.8 Å². The molecule has 1 atom stereocenters. The molecular formula is C15H23FN2O3S. The summed E-state index contributed by atoms with van der Waals surface area (Å²) in [6, 6.07) is 3.81. The van der Waals surface area contributed by atoms with Crippen molar-refractivity contribution in [2.45, 2.75) is 39.7 Å². The Balaban J connectivity index is 2.27. The van der Waals surface area contributed by atoms with E-state index in [1.165, 1.54) is 6.07 Å². The fourth-order valence-electron chi connectivity index (χ4n) is 2.21. The van der Waals surface area contributed by atoms with Crippen LogP contribution in [0.1, 0.15) is 45.2 Å². The molecule has 7 heteroatoms. The lowest BCUT2D eigenvalue weighted by Crippen LogP contribution is -2.40. The summed E-state index contributed by atoms with van der Waals surface area (Å²) in [5.41, 5.74) is 0.187. The number of ether oxygens (including phenoxy) is 1. The zero-order valence-corrected chi connectivity index (χ0v) is 13.9. The first-order chi connectivity index (χ1) is 10.1. The lowest BCUT2D eigenvalue weighted by atomic mass is 9.83. The summed E-state index contributed by atoms with van der Waals surface area (Å²) < 4.78 is 44.6. The average Bonchev–Trinajstić information content (AvgIpc) is 3.17. The molecule has 1 aromatic rings. The first-order valence-corrected chi connectivity index (χ1v) is 8.83. The van der Waals surface area contributed by atoms with Crippen LogP contribution in [0, 0.1) is 17.2 Å². The maximum absolute atomic E-state index is 13.8. The highest BCUT2D eigenvalue weighted by Crippen LogP contribution is 2.36. The maximum Gasteiger partial charge on any atom is 0.274 e. The number of halogens is 1. The third-order valence-electron chi connectivity index (χ3n) is 3.61. The van der Waals surface area contributed by atoms with E-state index in [0.717, 1.165) is 12.8 Å². The van der Waals surface area contributed by atoms with Crippen LogP contribution in [0.5, 0.6) is 5.75 Å². The SMILES string of the molecule is CC(C)(C)C(NS(N)(=O)=O)c1ccc(F)c(OCC2CC2)c1. The minimum absolute atomic E-state index is 0.148. The topological polar surface area (TPSA) is 81.4 Å². The number of nitrogens with one attached hydrogen (secondary N) is 1. The highest BCUT2D eigenvalue weighted by atomic mass is 32.2. The Morgan fingerprint density at radius 1 is 1.41 bits per heavy atom. The van der Waals surface area contributed by atoms with E-state index in [0.29, 0.717) is 18.1 Å². The zero-order valence-electron chi connectivity index (χ0n) is 13.1. The number of benzene rings is 1. The molecule has 0 amide bonds. The molecule has 0 bridgehead atoms. The summed E-state index contributed by atoms with van der Waals surface area (Å²) in [5.74, 6) is 0.201. The fraction of sp³-hybridized carbons (Fsp3) is 0.600. The predicted octanol–water partition coefficient (Wildman–Crippen LogP) is 2.49. The lowest BCUT2D eigenvalue weighted by molar-refractivity contribution is 0.280. The Kier molecular flexibility index (Phi) is 4.79. The standard InChI is InChI=1S/C15H23FN2O3S/c1-15(2,3)14(18-22(17,19)20)11-6-7-12(16)13(8-11)21-9-10-4-5-10/h6-8,10,14,18H,4-5,9H2,1-3H3,(H2,17,19,20). The van der Waals surface area contributed by atoms with Gasteiger partial charge < -0.3 is 4.74 Å². The summed E-state index contributed by atoms with van der Waals surface area (Å²) in [6.07, 6.45) is 2.22. The summed E-state index contributed by atoms with van der Waals surface area (Å²) in [7, 11) is -3.88. The van der Waals surface area contributed by atoms with Crippen LogP contribution in [0.15, 0.2) is 18.2 Å². The smallest absolute Gasteiger partial charge is 0.274 e. The normalized spacial score (nSPS) is 17.3. The minimum Gasteiger partial charge on any atom is -0.490 e. The quantitative estimate of drug-likeness (QED) is 0.841. The van der Waals surface area contributed by atoms with Crippen molar-refractivity contribution in [3.05, 3.63) is 29.6 Å². The van der Waals surface area contributed by atoms with Gasteiger partial charge in [-0.05, 0) is 41.9 Å². The van der Waals surface area contributed by atoms with E-state index in [-0.39, 0.29) is 5.75 Å². The molecule has 0 radical (unpaired) electrons. The molecule has 0 saturated heterocycles. The Morgan fingerprint density at radius 3 is 2.55 bits per heavy atom. The molecule has 1 unspecified atom stereocenters. The molecule has 1 saturated carbocycles. The Bertz CT molecular complexity index is 637. The molecule has 22 heavy (non-hydrogen) atoms. The Morgan fingerprint density at radius 2 is 2.05 bits per heavy atom. The van der Waals surface area contributed by atoms with E-state index in [4.69, 9.17) is 9.88 Å². The fourth-order valence-corrected chi connectivity index (χ4v) is 3.03. The van der Waals surface area contributed by atoms with Gasteiger partial charge in [0.25, 0.3) is 10.2 Å². The second-order valence-electron chi connectivity index (χ2n) is 6.91. The molecular weight excluding hydrogens is 307 g/mol. The van der Waals surface area contributed by atoms with Crippen LogP contribution in [-0.4, -0.2) is 15.0 Å². The molecule has 1 fully saturated rings. The molecule has 124 valence electrons. The molecule has 5 nitrogen and oxygen atoms in total. The van der Waals surface area contributed by atoms with Crippen molar-refractivity contribution in [2.75, 3.05) is 6.61 Å². The molecule has 1 aromatic carbocycles. The highest BCUT2D eigenvalue weighted by molar-refractivity contribution is 7.87. The van der Waals surface area contributed by atoms with Crippen LogP contribution in [0.25, 0.3) is 0 Å². The van der Waals surface area contributed by atoms with Crippen LogP contribution in [0.3, 0.4) is 0 Å². The molecule has 1 aliphatic rings. The number of hydrogen-bond donors (Lipinski definition) is 2. The average molecular weight is 330 g/mol. The van der Waals surface area contributed by atoms with Crippen molar-refractivity contribution >= 4 is 10.2 Å². The molecule has 0 aliphatic heterocycles. The van der Waals surface area contributed by atoms with Crippen molar-refractivity contribution < 1.29 is 17.5 Å². The molecule has 1 aliphatic carbocycles. The van der Waals surface area contributed by atoms with E-state index in [2.05, 4.69) is 4.72 Å². The van der Waals surface area contributed by atoms with Crippen molar-refractivity contribution in [2.24, 2.45) is 16.5 Å². The molecule has 0 aromatic heterocycles. The second kappa shape index (κ2) is 6.14. The van der Waals surface area contributed by atoms with Crippen molar-refractivity contribution in [1.29, 1.82) is 0 Å². The van der Waals surface area contributed by atoms with Crippen LogP contribution in [0.2, 0.25) is 0 Å². The molecule has 3 N–H and O–H groups in total. The van der Waals surface area contributed by atoms with Gasteiger partial charge in [-0.1, -0.05) is 26.8 Å². The van der Waals surface area contributed by atoms with Crippen LogP contribution in [-0.2, 0) is 10.2 Å². The second-order valence-corrected chi connectivity index (χ2v) is 8.23. The monoisotopic (exact) mass is 330 g/mol. The Hall–Kier alpha value is -1.18. The number of rotatable bonds is 6. The van der Waals surface area contributed by atoms with E-state index in [9.17, 15) is 12.8 Å². The first-order valence-electron chi connectivity index (χ1n) is 7.28. The third-order valence-corrected chi connectivity index (χ3v) is 4.17. The van der Waals surface area contributed by atoms with Gasteiger partial charge in [0, 0.05) is 0 Å². The summed E-state index contributed by atoms with van der Waals surface area (Å²) >= 11 is 0. The summed E-state index contributed by atoms with van der Waals surface area (Å²) in [6.45, 7) is 6.13. The van der Waals surface area contributed by atoms with Gasteiger partial charge in [-0.25, -0.2) is 9.53 Å². The van der Waals surface area contributed by atoms with Crippen molar-refractivity contribution in [1.82, 2.24) is 4.72 Å². The van der Waals surface area contributed by atoms with Gasteiger partial charge in [0.15, 0.2) is 11.6 Å². The summed E-state index contributed by atoms with van der Waals surface area (Å²) in [5, 5.41) is 5.10. The molecule has 2 rings (SSSR count). The largest absolute Gasteiger partial charge is 0.490 e. The van der Waals surface area contributed by atoms with Gasteiger partial charge in [0.2, 0.25) is 0 Å². The van der Waals surface area contributed by atoms with Crippen LogP contribution >= 0.6 is 0 Å². The van der Waals surface area contributed by atoms with Gasteiger partial charge in [0.05, 0.1) is 12.6 Å². The maximum atomic E-state index is 13.8. The minimum atomic E-state index is -3.88. The van der Waals surface area contributed by atoms with E-state index in [1.54, 1.807) is 12.1 Å². The molecule has 0 spiro atoms. The zero-order chi connectivity index (χ0) is 16.5. The van der Waals surface area contributed by atoms with Crippen molar-refractivity contribution in [3.8, 4) is 5.75 Å². The summed E-state index contributed by atoms with van der Waals surface area (Å²) in [4.78, 5) is 0.